The number of benzene rings is 2. The normalized spacial score (nSPS) is 12.9. The molecule has 3 heterocycles. The van der Waals surface area contributed by atoms with Crippen LogP contribution in [0.15, 0.2) is 48.8 Å². The van der Waals surface area contributed by atoms with Gasteiger partial charge in [0.1, 0.15) is 23.7 Å². The maximum absolute atomic E-state index is 14.6. The molecule has 0 atom stereocenters. The van der Waals surface area contributed by atoms with E-state index in [0.29, 0.717) is 36.7 Å². The molecular weight excluding hydrogens is 445 g/mol. The summed E-state index contributed by atoms with van der Waals surface area (Å²) in [5, 5.41) is 4.09. The molecule has 8 heteroatoms. The van der Waals surface area contributed by atoms with Crippen LogP contribution in [0, 0.1) is 12.7 Å². The number of rotatable bonds is 8. The Morgan fingerprint density at radius 2 is 1.97 bits per heavy atom. The maximum atomic E-state index is 14.6. The van der Waals surface area contributed by atoms with Gasteiger partial charge in [-0.1, -0.05) is 13.0 Å². The molecule has 0 spiro atoms. The van der Waals surface area contributed by atoms with E-state index in [0.717, 1.165) is 46.4 Å². The number of ether oxygens (including phenoxy) is 1. The van der Waals surface area contributed by atoms with Gasteiger partial charge in [-0.25, -0.2) is 14.4 Å². The Kier molecular flexibility index (Phi) is 6.11. The first-order valence-electron chi connectivity index (χ1n) is 11.8. The van der Waals surface area contributed by atoms with Crippen molar-refractivity contribution in [2.45, 2.75) is 33.4 Å². The number of nitrogens with zero attached hydrogens (tertiary/aromatic N) is 4. The summed E-state index contributed by atoms with van der Waals surface area (Å²) in [5.41, 5.74) is 5.02. The molecule has 0 aliphatic carbocycles. The van der Waals surface area contributed by atoms with E-state index < -0.39 is 0 Å². The number of amides is 1. The lowest BCUT2D eigenvalue weighted by Crippen LogP contribution is -2.24. The molecule has 1 aliphatic rings. The number of aromatic nitrogens is 3. The minimum atomic E-state index is -0.272. The van der Waals surface area contributed by atoms with E-state index in [1.165, 1.54) is 12.4 Å². The quantitative estimate of drug-likeness (QED) is 0.389. The van der Waals surface area contributed by atoms with Crippen molar-refractivity contribution >= 4 is 22.6 Å². The molecule has 4 aromatic rings. The van der Waals surface area contributed by atoms with Gasteiger partial charge in [0.15, 0.2) is 0 Å². The minimum Gasteiger partial charge on any atom is -0.496 e. The highest BCUT2D eigenvalue weighted by atomic mass is 19.1. The van der Waals surface area contributed by atoms with Gasteiger partial charge >= 0.3 is 0 Å². The molecule has 1 amide bonds. The predicted molar refractivity (Wildman–Crippen MR) is 134 cm³/mol. The molecule has 2 aromatic heterocycles. The molecule has 180 valence electrons. The van der Waals surface area contributed by atoms with Crippen LogP contribution in [-0.2, 0) is 13.1 Å². The van der Waals surface area contributed by atoms with Gasteiger partial charge in [-0.05, 0) is 49.2 Å². The van der Waals surface area contributed by atoms with Crippen LogP contribution in [0.25, 0.3) is 22.2 Å². The van der Waals surface area contributed by atoms with Crippen LogP contribution in [0.3, 0.4) is 0 Å². The summed E-state index contributed by atoms with van der Waals surface area (Å²) in [4.78, 5) is 23.2. The molecule has 0 unspecified atom stereocenters. The third-order valence-electron chi connectivity index (χ3n) is 6.48. The lowest BCUT2D eigenvalue weighted by molar-refractivity contribution is 0.0778. The van der Waals surface area contributed by atoms with E-state index >= 15 is 0 Å². The zero-order valence-corrected chi connectivity index (χ0v) is 20.1. The third-order valence-corrected chi connectivity index (χ3v) is 6.48. The van der Waals surface area contributed by atoms with Gasteiger partial charge in [-0.3, -0.25) is 4.79 Å². The van der Waals surface area contributed by atoms with Crippen molar-refractivity contribution < 1.29 is 13.9 Å². The van der Waals surface area contributed by atoms with Crippen LogP contribution in [-0.4, -0.2) is 45.5 Å². The fraction of sp³-hybridized carbons (Fsp3) is 0.296. The summed E-state index contributed by atoms with van der Waals surface area (Å²) in [6.45, 7) is 6.55. The van der Waals surface area contributed by atoms with Crippen molar-refractivity contribution in [2.75, 3.05) is 25.5 Å². The molecule has 2 aromatic carbocycles. The van der Waals surface area contributed by atoms with Crippen molar-refractivity contribution in [1.29, 1.82) is 0 Å². The second kappa shape index (κ2) is 9.37. The molecule has 0 bridgehead atoms. The van der Waals surface area contributed by atoms with E-state index in [-0.39, 0.29) is 11.7 Å². The van der Waals surface area contributed by atoms with Crippen LogP contribution in [0.1, 0.15) is 35.0 Å². The molecule has 0 saturated carbocycles. The summed E-state index contributed by atoms with van der Waals surface area (Å²) in [5.74, 6) is 1.17. The van der Waals surface area contributed by atoms with Crippen LogP contribution in [0.4, 0.5) is 10.2 Å². The standard InChI is InChI=1S/C27H28FN5O2/c1-4-10-32-15-19-13-18(5-6-20(19)27(32)34)23-14-25(31-16-30-23)29-9-11-33-17(2)12-21-24(35-3)8-7-22(28)26(21)33/h5-8,12-14,16H,4,9-11,15H2,1-3H3,(H,29,30,31). The molecule has 0 fully saturated rings. The Labute approximate surface area is 203 Å². The summed E-state index contributed by atoms with van der Waals surface area (Å²) in [6, 6.07) is 12.8. The molecular formula is C27H28FN5O2. The van der Waals surface area contributed by atoms with Crippen molar-refractivity contribution in [1.82, 2.24) is 19.4 Å². The number of hydrogen-bond acceptors (Lipinski definition) is 5. The van der Waals surface area contributed by atoms with Crippen molar-refractivity contribution in [3.05, 3.63) is 71.4 Å². The van der Waals surface area contributed by atoms with E-state index in [9.17, 15) is 9.18 Å². The number of methoxy groups -OCH3 is 1. The number of fused-ring (bicyclic) bond motifs is 2. The van der Waals surface area contributed by atoms with Crippen molar-refractivity contribution in [3.63, 3.8) is 0 Å². The van der Waals surface area contributed by atoms with Crippen LogP contribution in [0.2, 0.25) is 0 Å². The Morgan fingerprint density at radius 3 is 2.77 bits per heavy atom. The van der Waals surface area contributed by atoms with Gasteiger partial charge in [-0.2, -0.15) is 0 Å². The molecule has 7 nitrogen and oxygen atoms in total. The summed E-state index contributed by atoms with van der Waals surface area (Å²) < 4.78 is 22.0. The highest BCUT2D eigenvalue weighted by Crippen LogP contribution is 2.31. The first-order valence-corrected chi connectivity index (χ1v) is 11.8. The highest BCUT2D eigenvalue weighted by Gasteiger charge is 2.26. The van der Waals surface area contributed by atoms with E-state index in [1.807, 2.05) is 46.7 Å². The van der Waals surface area contributed by atoms with Gasteiger partial charge < -0.3 is 19.5 Å². The monoisotopic (exact) mass is 473 g/mol. The fourth-order valence-electron chi connectivity index (χ4n) is 4.80. The first-order chi connectivity index (χ1) is 17.0. The zero-order chi connectivity index (χ0) is 24.5. The number of carbonyl (C=O) groups is 1. The lowest BCUT2D eigenvalue weighted by Gasteiger charge is -2.13. The topological polar surface area (TPSA) is 72.3 Å². The van der Waals surface area contributed by atoms with Gasteiger partial charge in [0.2, 0.25) is 0 Å². The Hall–Kier alpha value is -3.94. The fourth-order valence-corrected chi connectivity index (χ4v) is 4.80. The first kappa shape index (κ1) is 22.8. The minimum absolute atomic E-state index is 0.0975. The SMILES string of the molecule is CCCN1Cc2cc(-c3cc(NCCn4c(C)cc5c(OC)ccc(F)c54)ncn3)ccc2C1=O. The Morgan fingerprint density at radius 1 is 1.11 bits per heavy atom. The van der Waals surface area contributed by atoms with Gasteiger partial charge in [0.25, 0.3) is 5.91 Å². The zero-order valence-electron chi connectivity index (χ0n) is 20.1. The molecule has 35 heavy (non-hydrogen) atoms. The van der Waals surface area contributed by atoms with Crippen LogP contribution >= 0.6 is 0 Å². The summed E-state index contributed by atoms with van der Waals surface area (Å²) >= 11 is 0. The summed E-state index contributed by atoms with van der Waals surface area (Å²) in [6.07, 6.45) is 2.46. The van der Waals surface area contributed by atoms with Gasteiger partial charge in [0, 0.05) is 54.5 Å². The van der Waals surface area contributed by atoms with Crippen LogP contribution in [0.5, 0.6) is 5.75 Å². The second-order valence-electron chi connectivity index (χ2n) is 8.76. The Bertz CT molecular complexity index is 1410. The van der Waals surface area contributed by atoms with Crippen LogP contribution < -0.4 is 10.1 Å². The Balaban J connectivity index is 1.32. The highest BCUT2D eigenvalue weighted by molar-refractivity contribution is 5.99. The number of halogens is 1. The van der Waals surface area contributed by atoms with E-state index in [2.05, 4.69) is 22.2 Å². The second-order valence-corrected chi connectivity index (χ2v) is 8.76. The average Bonchev–Trinajstić information content (AvgIpc) is 3.36. The number of nitrogens with one attached hydrogen (secondary N) is 1. The largest absolute Gasteiger partial charge is 0.496 e. The van der Waals surface area contributed by atoms with Crippen molar-refractivity contribution in [2.24, 2.45) is 0 Å². The third kappa shape index (κ3) is 4.20. The number of anilines is 1. The molecule has 0 radical (unpaired) electrons. The predicted octanol–water partition coefficient (Wildman–Crippen LogP) is 5.03. The summed E-state index contributed by atoms with van der Waals surface area (Å²) in [7, 11) is 1.59. The molecule has 1 aliphatic heterocycles. The maximum Gasteiger partial charge on any atom is 0.254 e. The number of hydrogen-bond donors (Lipinski definition) is 1. The molecule has 1 N–H and O–H groups in total. The van der Waals surface area contributed by atoms with E-state index in [1.54, 1.807) is 13.2 Å². The number of aryl methyl sites for hydroxylation is 1. The average molecular weight is 474 g/mol. The van der Waals surface area contributed by atoms with Crippen molar-refractivity contribution in [3.8, 4) is 17.0 Å². The lowest BCUT2D eigenvalue weighted by atomic mass is 10.0. The smallest absolute Gasteiger partial charge is 0.254 e. The van der Waals surface area contributed by atoms with Gasteiger partial charge in [-0.15, -0.1) is 0 Å². The van der Waals surface area contributed by atoms with Gasteiger partial charge in [0.05, 0.1) is 18.3 Å². The van der Waals surface area contributed by atoms with E-state index in [4.69, 9.17) is 4.74 Å². The number of carbonyl (C=O) groups excluding carboxylic acids is 1. The molecule has 5 rings (SSSR count). The molecule has 0 saturated heterocycles.